The summed E-state index contributed by atoms with van der Waals surface area (Å²) in [6.07, 6.45) is 0. The van der Waals surface area contributed by atoms with Gasteiger partial charge in [0.25, 0.3) is 0 Å². The number of benzene rings is 2. The van der Waals surface area contributed by atoms with Crippen LogP contribution in [0.4, 0.5) is 0 Å². The van der Waals surface area contributed by atoms with Gasteiger partial charge in [0.1, 0.15) is 0 Å². The van der Waals surface area contributed by atoms with Gasteiger partial charge in [0.2, 0.25) is 6.79 Å². The first-order chi connectivity index (χ1) is 9.33. The Labute approximate surface area is 111 Å². The van der Waals surface area contributed by atoms with E-state index in [0.29, 0.717) is 18.0 Å². The van der Waals surface area contributed by atoms with Crippen LogP contribution in [0.5, 0.6) is 11.5 Å². The normalized spacial score (nSPS) is 12.7. The van der Waals surface area contributed by atoms with Crippen LogP contribution in [-0.2, 0) is 13.2 Å². The van der Waals surface area contributed by atoms with Crippen molar-refractivity contribution < 1.29 is 14.6 Å². The van der Waals surface area contributed by atoms with Crippen LogP contribution in [0.15, 0.2) is 36.4 Å². The van der Waals surface area contributed by atoms with Gasteiger partial charge in [0, 0.05) is 6.54 Å². The zero-order chi connectivity index (χ0) is 13.2. The monoisotopic (exact) mass is 257 g/mol. The third-order valence-electron chi connectivity index (χ3n) is 3.30. The predicted octanol–water partition coefficient (Wildman–Crippen LogP) is 2.03. The second-order valence-electron chi connectivity index (χ2n) is 4.38. The van der Waals surface area contributed by atoms with Gasteiger partial charge in [0.15, 0.2) is 11.5 Å². The predicted molar refractivity (Wildman–Crippen MR) is 71.8 cm³/mol. The topological polar surface area (TPSA) is 64.7 Å². The van der Waals surface area contributed by atoms with E-state index in [4.69, 9.17) is 15.2 Å². The lowest BCUT2D eigenvalue weighted by molar-refractivity contribution is 0.174. The Hall–Kier alpha value is -2.04. The number of hydrogen-bond donors (Lipinski definition) is 2. The van der Waals surface area contributed by atoms with Gasteiger partial charge < -0.3 is 20.3 Å². The van der Waals surface area contributed by atoms with E-state index in [1.807, 2.05) is 36.4 Å². The van der Waals surface area contributed by atoms with Crippen molar-refractivity contribution in [1.29, 1.82) is 0 Å². The summed E-state index contributed by atoms with van der Waals surface area (Å²) in [6.45, 7) is 0.628. The lowest BCUT2D eigenvalue weighted by Crippen LogP contribution is -2.00. The van der Waals surface area contributed by atoms with Crippen LogP contribution in [0, 0.1) is 0 Å². The van der Waals surface area contributed by atoms with E-state index in [0.717, 1.165) is 22.3 Å². The Bertz CT molecular complexity index is 610. The van der Waals surface area contributed by atoms with Crippen molar-refractivity contribution in [3.05, 3.63) is 47.5 Å². The molecule has 2 aromatic rings. The van der Waals surface area contributed by atoms with Crippen molar-refractivity contribution in [2.24, 2.45) is 5.73 Å². The molecule has 0 spiro atoms. The molecular weight excluding hydrogens is 242 g/mol. The first-order valence-corrected chi connectivity index (χ1v) is 6.15. The highest BCUT2D eigenvalue weighted by atomic mass is 16.7. The van der Waals surface area contributed by atoms with E-state index in [9.17, 15) is 5.11 Å². The van der Waals surface area contributed by atoms with E-state index in [1.54, 1.807) is 0 Å². The van der Waals surface area contributed by atoms with Gasteiger partial charge in [0.05, 0.1) is 6.61 Å². The summed E-state index contributed by atoms with van der Waals surface area (Å²) in [5.41, 5.74) is 9.58. The smallest absolute Gasteiger partial charge is 0.231 e. The maximum absolute atomic E-state index is 9.55. The number of hydrogen-bond acceptors (Lipinski definition) is 4. The van der Waals surface area contributed by atoms with Gasteiger partial charge in [-0.2, -0.15) is 0 Å². The number of ether oxygens (including phenoxy) is 2. The molecule has 0 aliphatic carbocycles. The summed E-state index contributed by atoms with van der Waals surface area (Å²) in [7, 11) is 0. The van der Waals surface area contributed by atoms with Crippen LogP contribution in [0.3, 0.4) is 0 Å². The van der Waals surface area contributed by atoms with Crippen LogP contribution >= 0.6 is 0 Å². The quantitative estimate of drug-likeness (QED) is 0.883. The molecule has 3 N–H and O–H groups in total. The summed E-state index contributed by atoms with van der Waals surface area (Å²) >= 11 is 0. The fraction of sp³-hybridized carbons (Fsp3) is 0.200. The molecule has 0 bridgehead atoms. The zero-order valence-electron chi connectivity index (χ0n) is 10.4. The second kappa shape index (κ2) is 4.91. The van der Waals surface area contributed by atoms with Crippen LogP contribution in [0.2, 0.25) is 0 Å². The lowest BCUT2D eigenvalue weighted by Gasteiger charge is -2.12. The van der Waals surface area contributed by atoms with Crippen LogP contribution in [0.1, 0.15) is 11.1 Å². The molecule has 0 unspecified atom stereocenters. The highest BCUT2D eigenvalue weighted by Gasteiger charge is 2.18. The standard InChI is InChI=1S/C15H15NO3/c16-7-10-3-1-2-4-12(10)13-6-15-14(18-9-19-15)5-11(13)8-17/h1-6,17H,7-9,16H2. The van der Waals surface area contributed by atoms with Gasteiger partial charge in [-0.05, 0) is 34.4 Å². The van der Waals surface area contributed by atoms with E-state index in [2.05, 4.69) is 0 Å². The van der Waals surface area contributed by atoms with Crippen molar-refractivity contribution in [3.63, 3.8) is 0 Å². The minimum Gasteiger partial charge on any atom is -0.454 e. The van der Waals surface area contributed by atoms with E-state index < -0.39 is 0 Å². The molecule has 0 saturated carbocycles. The van der Waals surface area contributed by atoms with Crippen LogP contribution in [0.25, 0.3) is 11.1 Å². The summed E-state index contributed by atoms with van der Waals surface area (Å²) in [5.74, 6) is 1.39. The van der Waals surface area contributed by atoms with Crippen molar-refractivity contribution in [3.8, 4) is 22.6 Å². The number of aliphatic hydroxyl groups is 1. The largest absolute Gasteiger partial charge is 0.454 e. The molecule has 19 heavy (non-hydrogen) atoms. The number of rotatable bonds is 3. The van der Waals surface area contributed by atoms with E-state index >= 15 is 0 Å². The highest BCUT2D eigenvalue weighted by Crippen LogP contribution is 2.39. The molecule has 4 nitrogen and oxygen atoms in total. The molecule has 0 aromatic heterocycles. The molecule has 2 aromatic carbocycles. The fourth-order valence-corrected chi connectivity index (χ4v) is 2.33. The van der Waals surface area contributed by atoms with E-state index in [1.165, 1.54) is 0 Å². The number of nitrogens with two attached hydrogens (primary N) is 1. The molecular formula is C15H15NO3. The molecule has 1 aliphatic rings. The molecule has 0 fully saturated rings. The second-order valence-corrected chi connectivity index (χ2v) is 4.38. The zero-order valence-corrected chi connectivity index (χ0v) is 10.4. The fourth-order valence-electron chi connectivity index (χ4n) is 2.33. The molecule has 0 atom stereocenters. The molecule has 98 valence electrons. The third-order valence-corrected chi connectivity index (χ3v) is 3.30. The Balaban J connectivity index is 2.18. The highest BCUT2D eigenvalue weighted by molar-refractivity contribution is 5.74. The van der Waals surface area contributed by atoms with Crippen molar-refractivity contribution in [1.82, 2.24) is 0 Å². The van der Waals surface area contributed by atoms with Gasteiger partial charge in [-0.3, -0.25) is 0 Å². The third kappa shape index (κ3) is 2.05. The van der Waals surface area contributed by atoms with Gasteiger partial charge in [-0.1, -0.05) is 24.3 Å². The van der Waals surface area contributed by atoms with Crippen molar-refractivity contribution in [2.45, 2.75) is 13.2 Å². The Morgan fingerprint density at radius 1 is 1.00 bits per heavy atom. The molecule has 4 heteroatoms. The maximum Gasteiger partial charge on any atom is 0.231 e. The summed E-state index contributed by atoms with van der Waals surface area (Å²) < 4.78 is 10.7. The van der Waals surface area contributed by atoms with Crippen molar-refractivity contribution in [2.75, 3.05) is 6.79 Å². The number of fused-ring (bicyclic) bond motifs is 1. The molecule has 0 saturated heterocycles. The molecule has 0 amide bonds. The Kier molecular flexibility index (Phi) is 3.11. The van der Waals surface area contributed by atoms with Crippen LogP contribution < -0.4 is 15.2 Å². The lowest BCUT2D eigenvalue weighted by atomic mass is 9.95. The van der Waals surface area contributed by atoms with Crippen molar-refractivity contribution >= 4 is 0 Å². The van der Waals surface area contributed by atoms with Gasteiger partial charge in [-0.15, -0.1) is 0 Å². The minimum atomic E-state index is -0.0507. The summed E-state index contributed by atoms with van der Waals surface area (Å²) in [5, 5.41) is 9.55. The molecule has 3 rings (SSSR count). The van der Waals surface area contributed by atoms with E-state index in [-0.39, 0.29) is 13.4 Å². The maximum atomic E-state index is 9.55. The van der Waals surface area contributed by atoms with Crippen LogP contribution in [-0.4, -0.2) is 11.9 Å². The first kappa shape index (κ1) is 12.0. The SMILES string of the molecule is NCc1ccccc1-c1cc2c(cc1CO)OCO2. The van der Waals surface area contributed by atoms with Gasteiger partial charge >= 0.3 is 0 Å². The molecule has 1 aliphatic heterocycles. The first-order valence-electron chi connectivity index (χ1n) is 6.15. The summed E-state index contributed by atoms with van der Waals surface area (Å²) in [4.78, 5) is 0. The molecule has 0 radical (unpaired) electrons. The number of aliphatic hydroxyl groups excluding tert-OH is 1. The minimum absolute atomic E-state index is 0.0507. The van der Waals surface area contributed by atoms with Gasteiger partial charge in [-0.25, -0.2) is 0 Å². The average molecular weight is 257 g/mol. The Morgan fingerprint density at radius 2 is 1.74 bits per heavy atom. The molecule has 1 heterocycles. The Morgan fingerprint density at radius 3 is 2.47 bits per heavy atom. The average Bonchev–Trinajstić information content (AvgIpc) is 2.93. The summed E-state index contributed by atoms with van der Waals surface area (Å²) in [6, 6.07) is 11.6.